The number of alkyl carbamates (subject to hydrolysis) is 1. The van der Waals surface area contributed by atoms with Crippen molar-refractivity contribution in [2.75, 3.05) is 6.61 Å². The summed E-state index contributed by atoms with van der Waals surface area (Å²) in [7, 11) is 0. The van der Waals surface area contributed by atoms with Crippen LogP contribution in [0.4, 0.5) is 4.79 Å². The molecule has 4 heteroatoms. The van der Waals surface area contributed by atoms with E-state index >= 15 is 0 Å². The highest BCUT2D eigenvalue weighted by atomic mass is 16.5. The van der Waals surface area contributed by atoms with Gasteiger partial charge in [-0.25, -0.2) is 4.79 Å². The van der Waals surface area contributed by atoms with Gasteiger partial charge in [0.25, 0.3) is 0 Å². The fraction of sp³-hybridized carbons (Fsp3) is 0.500. The average Bonchev–Trinajstić information content (AvgIpc) is 2.82. The van der Waals surface area contributed by atoms with Crippen LogP contribution in [-0.4, -0.2) is 18.2 Å². The zero-order valence-electron chi connectivity index (χ0n) is 6.67. The van der Waals surface area contributed by atoms with Crippen molar-refractivity contribution in [2.24, 2.45) is 0 Å². The molecule has 0 aliphatic heterocycles. The molecule has 0 bridgehead atoms. The third kappa shape index (κ3) is 1.99. The molecule has 1 fully saturated rings. The Balaban J connectivity index is 2.27. The van der Waals surface area contributed by atoms with E-state index in [1.54, 1.807) is 0 Å². The van der Waals surface area contributed by atoms with Crippen LogP contribution in [0.25, 0.3) is 0 Å². The molecular weight excluding hydrogens is 156 g/mol. The number of rotatable bonds is 3. The SMILES string of the molecule is C=CCOC(=O)NC1(C#N)CC1. The van der Waals surface area contributed by atoms with Gasteiger partial charge in [0.05, 0.1) is 6.07 Å². The first-order valence-electron chi connectivity index (χ1n) is 3.69. The smallest absolute Gasteiger partial charge is 0.408 e. The summed E-state index contributed by atoms with van der Waals surface area (Å²) in [4.78, 5) is 10.9. The molecule has 1 amide bonds. The summed E-state index contributed by atoms with van der Waals surface area (Å²) in [5, 5.41) is 11.1. The number of ether oxygens (including phenoxy) is 1. The van der Waals surface area contributed by atoms with Crippen molar-refractivity contribution in [3.63, 3.8) is 0 Å². The Morgan fingerprint density at radius 1 is 1.83 bits per heavy atom. The number of carbonyl (C=O) groups is 1. The summed E-state index contributed by atoms with van der Waals surface area (Å²) in [6.45, 7) is 3.57. The molecule has 0 aromatic rings. The van der Waals surface area contributed by atoms with Crippen LogP contribution in [0.15, 0.2) is 12.7 Å². The van der Waals surface area contributed by atoms with E-state index in [0.717, 1.165) is 0 Å². The van der Waals surface area contributed by atoms with Crippen LogP contribution in [0, 0.1) is 11.3 Å². The molecule has 1 aliphatic carbocycles. The molecule has 0 atom stereocenters. The lowest BCUT2D eigenvalue weighted by molar-refractivity contribution is 0.155. The van der Waals surface area contributed by atoms with Crippen LogP contribution in [0.5, 0.6) is 0 Å². The molecule has 0 aromatic carbocycles. The Morgan fingerprint density at radius 2 is 2.50 bits per heavy atom. The molecule has 1 saturated carbocycles. The standard InChI is InChI=1S/C8H10N2O2/c1-2-5-12-7(11)10-8(6-9)3-4-8/h2H,1,3-5H2,(H,10,11). The first-order valence-corrected chi connectivity index (χ1v) is 3.69. The van der Waals surface area contributed by atoms with Gasteiger partial charge >= 0.3 is 6.09 Å². The lowest BCUT2D eigenvalue weighted by atomic mass is 10.3. The minimum absolute atomic E-state index is 0.174. The summed E-state index contributed by atoms with van der Waals surface area (Å²) in [5.41, 5.74) is -0.641. The number of amides is 1. The van der Waals surface area contributed by atoms with Crippen molar-refractivity contribution in [2.45, 2.75) is 18.4 Å². The molecule has 1 N–H and O–H groups in total. The number of nitrogens with one attached hydrogen (secondary N) is 1. The summed E-state index contributed by atoms with van der Waals surface area (Å²) >= 11 is 0. The van der Waals surface area contributed by atoms with Gasteiger partial charge in [-0.2, -0.15) is 5.26 Å². The number of hydrogen-bond acceptors (Lipinski definition) is 3. The van der Waals surface area contributed by atoms with Crippen LogP contribution < -0.4 is 5.32 Å². The van der Waals surface area contributed by atoms with Crippen LogP contribution >= 0.6 is 0 Å². The lowest BCUT2D eigenvalue weighted by Crippen LogP contribution is -2.35. The number of nitrogens with zero attached hydrogens (tertiary/aromatic N) is 1. The monoisotopic (exact) mass is 166 g/mol. The van der Waals surface area contributed by atoms with Gasteiger partial charge in [-0.05, 0) is 12.8 Å². The largest absolute Gasteiger partial charge is 0.445 e. The summed E-state index contributed by atoms with van der Waals surface area (Å²) < 4.78 is 4.65. The normalized spacial score (nSPS) is 17.2. The highest BCUT2D eigenvalue weighted by Crippen LogP contribution is 2.34. The molecule has 0 radical (unpaired) electrons. The number of hydrogen-bond donors (Lipinski definition) is 1. The average molecular weight is 166 g/mol. The molecule has 12 heavy (non-hydrogen) atoms. The first-order chi connectivity index (χ1) is 5.72. The van der Waals surface area contributed by atoms with Crippen molar-refractivity contribution in [3.05, 3.63) is 12.7 Å². The summed E-state index contributed by atoms with van der Waals surface area (Å²) in [6, 6.07) is 2.02. The van der Waals surface area contributed by atoms with Crippen molar-refractivity contribution in [1.82, 2.24) is 5.32 Å². The Bertz CT molecular complexity index is 238. The highest BCUT2D eigenvalue weighted by molar-refractivity contribution is 5.69. The first kappa shape index (κ1) is 8.60. The maximum Gasteiger partial charge on any atom is 0.408 e. The van der Waals surface area contributed by atoms with Crippen LogP contribution in [0.3, 0.4) is 0 Å². The van der Waals surface area contributed by atoms with Gasteiger partial charge in [-0.3, -0.25) is 0 Å². The van der Waals surface area contributed by atoms with Crippen molar-refractivity contribution < 1.29 is 9.53 Å². The van der Waals surface area contributed by atoms with Crippen molar-refractivity contribution >= 4 is 6.09 Å². The summed E-state index contributed by atoms with van der Waals surface area (Å²) in [5.74, 6) is 0. The molecule has 1 rings (SSSR count). The second kappa shape index (κ2) is 3.26. The predicted molar refractivity (Wildman–Crippen MR) is 42.3 cm³/mol. The minimum Gasteiger partial charge on any atom is -0.445 e. The molecule has 0 spiro atoms. The Kier molecular flexibility index (Phi) is 2.34. The Hall–Kier alpha value is -1.50. The van der Waals surface area contributed by atoms with Gasteiger partial charge in [0.15, 0.2) is 0 Å². The van der Waals surface area contributed by atoms with Gasteiger partial charge in [0.2, 0.25) is 0 Å². The lowest BCUT2D eigenvalue weighted by Gasteiger charge is -2.07. The van der Waals surface area contributed by atoms with Crippen LogP contribution in [0.2, 0.25) is 0 Å². The van der Waals surface area contributed by atoms with Crippen LogP contribution in [0.1, 0.15) is 12.8 Å². The van der Waals surface area contributed by atoms with E-state index in [-0.39, 0.29) is 6.61 Å². The fourth-order valence-corrected chi connectivity index (χ4v) is 0.756. The maximum absolute atomic E-state index is 10.9. The molecule has 1 aliphatic rings. The summed E-state index contributed by atoms with van der Waals surface area (Å²) in [6.07, 6.45) is 2.36. The second-order valence-electron chi connectivity index (χ2n) is 2.71. The molecule has 4 nitrogen and oxygen atoms in total. The van der Waals surface area contributed by atoms with E-state index < -0.39 is 11.6 Å². The molecule has 0 unspecified atom stereocenters. The third-order valence-electron chi connectivity index (χ3n) is 1.64. The number of nitriles is 1. The number of carbonyl (C=O) groups excluding carboxylic acids is 1. The van der Waals surface area contributed by atoms with Gasteiger partial charge in [0, 0.05) is 0 Å². The molecule has 0 heterocycles. The topological polar surface area (TPSA) is 62.1 Å². The van der Waals surface area contributed by atoms with E-state index in [1.807, 2.05) is 6.07 Å². The minimum atomic E-state index is -0.641. The Labute approximate surface area is 70.8 Å². The fourth-order valence-electron chi connectivity index (χ4n) is 0.756. The molecular formula is C8H10N2O2. The van der Waals surface area contributed by atoms with E-state index in [2.05, 4.69) is 16.6 Å². The van der Waals surface area contributed by atoms with Gasteiger partial charge in [0.1, 0.15) is 12.1 Å². The van der Waals surface area contributed by atoms with Gasteiger partial charge < -0.3 is 10.1 Å². The third-order valence-corrected chi connectivity index (χ3v) is 1.64. The predicted octanol–water partition coefficient (Wildman–Crippen LogP) is 0.955. The van der Waals surface area contributed by atoms with Crippen LogP contribution in [-0.2, 0) is 4.74 Å². The second-order valence-corrected chi connectivity index (χ2v) is 2.71. The van der Waals surface area contributed by atoms with E-state index in [0.29, 0.717) is 12.8 Å². The highest BCUT2D eigenvalue weighted by Gasteiger charge is 2.45. The molecule has 0 aromatic heterocycles. The van der Waals surface area contributed by atoms with Gasteiger partial charge in [-0.15, -0.1) is 0 Å². The maximum atomic E-state index is 10.9. The van der Waals surface area contributed by atoms with Crippen molar-refractivity contribution in [1.29, 1.82) is 5.26 Å². The quantitative estimate of drug-likeness (QED) is 0.635. The zero-order chi connectivity index (χ0) is 9.03. The Morgan fingerprint density at radius 3 is 2.92 bits per heavy atom. The van der Waals surface area contributed by atoms with E-state index in [4.69, 9.17) is 5.26 Å². The van der Waals surface area contributed by atoms with E-state index in [1.165, 1.54) is 6.08 Å². The zero-order valence-corrected chi connectivity index (χ0v) is 6.67. The molecule has 64 valence electrons. The van der Waals surface area contributed by atoms with E-state index in [9.17, 15) is 4.79 Å². The van der Waals surface area contributed by atoms with Gasteiger partial charge in [-0.1, -0.05) is 12.7 Å². The molecule has 0 saturated heterocycles. The van der Waals surface area contributed by atoms with Crippen molar-refractivity contribution in [3.8, 4) is 6.07 Å².